The first-order valence-corrected chi connectivity index (χ1v) is 7.04. The van der Waals surface area contributed by atoms with Crippen LogP contribution in [0.4, 0.5) is 5.69 Å². The zero-order chi connectivity index (χ0) is 14.0. The van der Waals surface area contributed by atoms with Crippen molar-refractivity contribution in [3.8, 4) is 0 Å². The maximum Gasteiger partial charge on any atom is 0.230 e. The molecule has 0 spiro atoms. The second-order valence-electron chi connectivity index (χ2n) is 5.67. The highest BCUT2D eigenvalue weighted by Crippen LogP contribution is 2.31. The highest BCUT2D eigenvalue weighted by atomic mass is 16.2. The maximum absolute atomic E-state index is 12.6. The molecule has 1 aromatic heterocycles. The van der Waals surface area contributed by atoms with Crippen LogP contribution >= 0.6 is 0 Å². The van der Waals surface area contributed by atoms with E-state index in [1.165, 1.54) is 0 Å². The van der Waals surface area contributed by atoms with Gasteiger partial charge in [0.1, 0.15) is 0 Å². The average Bonchev–Trinajstić information content (AvgIpc) is 2.48. The van der Waals surface area contributed by atoms with Gasteiger partial charge in [-0.2, -0.15) is 0 Å². The van der Waals surface area contributed by atoms with Crippen LogP contribution in [0, 0.1) is 5.41 Å². The number of piperidine rings is 1. The Kier molecular flexibility index (Phi) is 3.40. The van der Waals surface area contributed by atoms with Crippen LogP contribution in [0.2, 0.25) is 0 Å². The number of rotatable bonds is 2. The SMILES string of the molecule is CC1(C(=O)Nc2cccc3cnccc23)CCNCC1. The number of aromatic nitrogens is 1. The number of hydrogen-bond acceptors (Lipinski definition) is 3. The van der Waals surface area contributed by atoms with Crippen LogP contribution in [0.15, 0.2) is 36.7 Å². The fraction of sp³-hybridized carbons (Fsp3) is 0.375. The van der Waals surface area contributed by atoms with Crippen molar-refractivity contribution in [3.63, 3.8) is 0 Å². The molecule has 1 fully saturated rings. The molecular weight excluding hydrogens is 250 g/mol. The molecule has 2 heterocycles. The molecule has 0 atom stereocenters. The number of carbonyl (C=O) groups is 1. The summed E-state index contributed by atoms with van der Waals surface area (Å²) in [4.78, 5) is 16.7. The minimum atomic E-state index is -0.277. The molecular formula is C16H19N3O. The van der Waals surface area contributed by atoms with Crippen molar-refractivity contribution >= 4 is 22.4 Å². The maximum atomic E-state index is 12.6. The Morgan fingerprint density at radius 2 is 2.10 bits per heavy atom. The van der Waals surface area contributed by atoms with E-state index in [0.29, 0.717) is 0 Å². The van der Waals surface area contributed by atoms with Crippen LogP contribution in [0.3, 0.4) is 0 Å². The quantitative estimate of drug-likeness (QED) is 0.881. The summed E-state index contributed by atoms with van der Waals surface area (Å²) in [5.74, 6) is 0.114. The molecule has 2 N–H and O–H groups in total. The molecule has 1 saturated heterocycles. The Morgan fingerprint density at radius 1 is 1.30 bits per heavy atom. The first-order chi connectivity index (χ1) is 9.69. The molecule has 20 heavy (non-hydrogen) atoms. The summed E-state index contributed by atoms with van der Waals surface area (Å²) in [5.41, 5.74) is 0.593. The van der Waals surface area contributed by atoms with Crippen LogP contribution in [-0.4, -0.2) is 24.0 Å². The topological polar surface area (TPSA) is 54.0 Å². The highest BCUT2D eigenvalue weighted by molar-refractivity contribution is 6.03. The van der Waals surface area contributed by atoms with Crippen molar-refractivity contribution in [1.29, 1.82) is 0 Å². The first kappa shape index (κ1) is 13.1. The van der Waals surface area contributed by atoms with Crippen LogP contribution in [0.25, 0.3) is 10.8 Å². The van der Waals surface area contributed by atoms with E-state index in [2.05, 4.69) is 22.5 Å². The standard InChI is InChI=1S/C16H19N3O/c1-16(6-9-17-10-7-16)15(20)19-14-4-2-3-12-11-18-8-5-13(12)14/h2-5,8,11,17H,6-7,9-10H2,1H3,(H,19,20). The number of nitrogens with one attached hydrogen (secondary N) is 2. The van der Waals surface area contributed by atoms with Crippen molar-refractivity contribution in [2.24, 2.45) is 5.41 Å². The van der Waals surface area contributed by atoms with Crippen molar-refractivity contribution < 1.29 is 4.79 Å². The minimum absolute atomic E-state index is 0.114. The van der Waals surface area contributed by atoms with Crippen molar-refractivity contribution in [2.45, 2.75) is 19.8 Å². The number of nitrogens with zero attached hydrogens (tertiary/aromatic N) is 1. The first-order valence-electron chi connectivity index (χ1n) is 7.04. The number of pyridine rings is 1. The van der Waals surface area contributed by atoms with Crippen molar-refractivity contribution in [3.05, 3.63) is 36.7 Å². The molecule has 0 saturated carbocycles. The summed E-state index contributed by atoms with van der Waals surface area (Å²) in [6.45, 7) is 3.86. The predicted molar refractivity (Wildman–Crippen MR) is 80.6 cm³/mol. The number of anilines is 1. The van der Waals surface area contributed by atoms with Crippen molar-refractivity contribution in [2.75, 3.05) is 18.4 Å². The summed E-state index contributed by atoms with van der Waals surface area (Å²) in [6.07, 6.45) is 5.33. The van der Waals surface area contributed by atoms with E-state index in [9.17, 15) is 4.79 Å². The smallest absolute Gasteiger partial charge is 0.230 e. The third-order valence-corrected chi connectivity index (χ3v) is 4.18. The zero-order valence-electron chi connectivity index (χ0n) is 11.6. The number of hydrogen-bond donors (Lipinski definition) is 2. The lowest BCUT2D eigenvalue weighted by Gasteiger charge is -2.32. The second kappa shape index (κ2) is 5.21. The van der Waals surface area contributed by atoms with E-state index in [1.54, 1.807) is 6.20 Å². The summed E-state index contributed by atoms with van der Waals surface area (Å²) < 4.78 is 0. The van der Waals surface area contributed by atoms with Gasteiger partial charge in [-0.1, -0.05) is 19.1 Å². The van der Waals surface area contributed by atoms with Crippen LogP contribution in [-0.2, 0) is 4.79 Å². The Bertz CT molecular complexity index is 627. The summed E-state index contributed by atoms with van der Waals surface area (Å²) in [7, 11) is 0. The summed E-state index contributed by atoms with van der Waals surface area (Å²) in [5, 5.41) is 8.48. The van der Waals surface area contributed by atoms with Gasteiger partial charge in [0.2, 0.25) is 5.91 Å². The van der Waals surface area contributed by atoms with Gasteiger partial charge in [-0.05, 0) is 38.1 Å². The Morgan fingerprint density at radius 3 is 2.90 bits per heavy atom. The molecule has 3 rings (SSSR count). The van der Waals surface area contributed by atoms with Gasteiger partial charge in [-0.3, -0.25) is 9.78 Å². The summed E-state index contributed by atoms with van der Waals surface area (Å²) >= 11 is 0. The molecule has 1 aliphatic rings. The van der Waals surface area contributed by atoms with Crippen LogP contribution in [0.5, 0.6) is 0 Å². The molecule has 1 aliphatic heterocycles. The monoisotopic (exact) mass is 269 g/mol. The Balaban J connectivity index is 1.87. The lowest BCUT2D eigenvalue weighted by Crippen LogP contribution is -2.42. The van der Waals surface area contributed by atoms with E-state index in [1.807, 2.05) is 30.5 Å². The molecule has 1 aromatic carbocycles. The molecule has 104 valence electrons. The number of fused-ring (bicyclic) bond motifs is 1. The number of carbonyl (C=O) groups excluding carboxylic acids is 1. The molecule has 0 bridgehead atoms. The number of benzene rings is 1. The highest BCUT2D eigenvalue weighted by Gasteiger charge is 2.34. The third kappa shape index (κ3) is 2.39. The van der Waals surface area contributed by atoms with Gasteiger partial charge in [0.25, 0.3) is 0 Å². The van der Waals surface area contributed by atoms with E-state index in [0.717, 1.165) is 42.4 Å². The lowest BCUT2D eigenvalue weighted by atomic mass is 9.80. The van der Waals surface area contributed by atoms with Gasteiger partial charge < -0.3 is 10.6 Å². The van der Waals surface area contributed by atoms with Crippen LogP contribution < -0.4 is 10.6 Å². The fourth-order valence-electron chi connectivity index (χ4n) is 2.71. The lowest BCUT2D eigenvalue weighted by molar-refractivity contribution is -0.126. The van der Waals surface area contributed by atoms with Gasteiger partial charge in [-0.15, -0.1) is 0 Å². The normalized spacial score (nSPS) is 17.9. The molecule has 0 radical (unpaired) electrons. The van der Waals surface area contributed by atoms with E-state index < -0.39 is 0 Å². The predicted octanol–water partition coefficient (Wildman–Crippen LogP) is 2.56. The fourth-order valence-corrected chi connectivity index (χ4v) is 2.71. The minimum Gasteiger partial charge on any atom is -0.325 e. The van der Waals surface area contributed by atoms with E-state index >= 15 is 0 Å². The number of amides is 1. The molecule has 0 unspecified atom stereocenters. The second-order valence-corrected chi connectivity index (χ2v) is 5.67. The van der Waals surface area contributed by atoms with Crippen molar-refractivity contribution in [1.82, 2.24) is 10.3 Å². The Hall–Kier alpha value is -1.94. The molecule has 2 aromatic rings. The molecule has 1 amide bonds. The average molecular weight is 269 g/mol. The van der Waals surface area contributed by atoms with Gasteiger partial charge in [-0.25, -0.2) is 0 Å². The molecule has 4 heteroatoms. The van der Waals surface area contributed by atoms with E-state index in [-0.39, 0.29) is 11.3 Å². The Labute approximate surface area is 118 Å². The largest absolute Gasteiger partial charge is 0.325 e. The van der Waals surface area contributed by atoms with Gasteiger partial charge in [0.15, 0.2) is 0 Å². The van der Waals surface area contributed by atoms with Gasteiger partial charge >= 0.3 is 0 Å². The van der Waals surface area contributed by atoms with E-state index in [4.69, 9.17) is 0 Å². The van der Waals surface area contributed by atoms with Gasteiger partial charge in [0, 0.05) is 34.3 Å². The van der Waals surface area contributed by atoms with Crippen LogP contribution in [0.1, 0.15) is 19.8 Å². The zero-order valence-corrected chi connectivity index (χ0v) is 11.6. The third-order valence-electron chi connectivity index (χ3n) is 4.18. The molecule has 4 nitrogen and oxygen atoms in total. The summed E-state index contributed by atoms with van der Waals surface area (Å²) in [6, 6.07) is 7.84. The molecule has 0 aliphatic carbocycles. The van der Waals surface area contributed by atoms with Gasteiger partial charge in [0.05, 0.1) is 0 Å².